The highest BCUT2D eigenvalue weighted by molar-refractivity contribution is 5.73. The largest absolute Gasteiger partial charge is 0.338 e. The number of aryl methyl sites for hydroxylation is 1. The second-order valence-corrected chi connectivity index (χ2v) is 7.83. The molecule has 2 aliphatic heterocycles. The van der Waals surface area contributed by atoms with E-state index >= 15 is 0 Å². The van der Waals surface area contributed by atoms with E-state index in [0.29, 0.717) is 12.5 Å². The van der Waals surface area contributed by atoms with Crippen molar-refractivity contribution in [3.05, 3.63) is 47.1 Å². The number of piperidine rings is 1. The van der Waals surface area contributed by atoms with Gasteiger partial charge in [0.15, 0.2) is 0 Å². The van der Waals surface area contributed by atoms with E-state index in [1.807, 2.05) is 23.5 Å². The van der Waals surface area contributed by atoms with Crippen LogP contribution in [0, 0.1) is 0 Å². The van der Waals surface area contributed by atoms with Gasteiger partial charge in [0, 0.05) is 81.6 Å². The molecule has 0 aliphatic carbocycles. The molecule has 1 atom stereocenters. The van der Waals surface area contributed by atoms with Crippen molar-refractivity contribution < 1.29 is 4.79 Å². The summed E-state index contributed by atoms with van der Waals surface area (Å²) in [6.07, 6.45) is 9.80. The van der Waals surface area contributed by atoms with E-state index in [4.69, 9.17) is 4.98 Å². The average molecular weight is 380 g/mol. The summed E-state index contributed by atoms with van der Waals surface area (Å²) >= 11 is 0. The van der Waals surface area contributed by atoms with Crippen molar-refractivity contribution in [1.29, 1.82) is 0 Å². The summed E-state index contributed by atoms with van der Waals surface area (Å²) in [6.45, 7) is 8.01. The van der Waals surface area contributed by atoms with Crippen LogP contribution in [0.15, 0.2) is 18.6 Å². The summed E-state index contributed by atoms with van der Waals surface area (Å²) in [6, 6.07) is 0. The normalized spacial score (nSPS) is 20.1. The van der Waals surface area contributed by atoms with Crippen LogP contribution in [0.3, 0.4) is 0 Å². The summed E-state index contributed by atoms with van der Waals surface area (Å²) in [5.41, 5.74) is 3.36. The molecule has 4 heterocycles. The molecular weight excluding hydrogens is 352 g/mol. The van der Waals surface area contributed by atoms with Crippen molar-refractivity contribution in [1.82, 2.24) is 29.7 Å². The molecule has 1 saturated heterocycles. The lowest BCUT2D eigenvalue weighted by Gasteiger charge is -2.32. The Labute approximate surface area is 166 Å². The average Bonchev–Trinajstić information content (AvgIpc) is 2.73. The van der Waals surface area contributed by atoms with Crippen LogP contribution in [0.25, 0.3) is 0 Å². The van der Waals surface area contributed by atoms with Gasteiger partial charge in [0.05, 0.1) is 5.69 Å². The van der Waals surface area contributed by atoms with Gasteiger partial charge in [-0.15, -0.1) is 0 Å². The maximum atomic E-state index is 11.6. The third-order valence-electron chi connectivity index (χ3n) is 5.75. The zero-order valence-electron chi connectivity index (χ0n) is 16.8. The summed E-state index contributed by atoms with van der Waals surface area (Å²) in [5.74, 6) is 2.33. The lowest BCUT2D eigenvalue weighted by molar-refractivity contribution is -0.129. The highest BCUT2D eigenvalue weighted by atomic mass is 16.2. The highest BCUT2D eigenvalue weighted by Gasteiger charge is 2.26. The number of nitrogens with zero attached hydrogens (tertiary/aromatic N) is 6. The third-order valence-corrected chi connectivity index (χ3v) is 5.75. The topological polar surface area (TPSA) is 75.1 Å². The molecular formula is C21H28N6O. The maximum Gasteiger partial charge on any atom is 0.219 e. The Morgan fingerprint density at radius 2 is 2.00 bits per heavy atom. The molecule has 0 bridgehead atoms. The maximum absolute atomic E-state index is 11.6. The molecule has 0 saturated carbocycles. The van der Waals surface area contributed by atoms with Gasteiger partial charge in [-0.25, -0.2) is 19.9 Å². The molecule has 0 aromatic carbocycles. The van der Waals surface area contributed by atoms with Crippen LogP contribution in [-0.4, -0.2) is 55.3 Å². The van der Waals surface area contributed by atoms with Crippen LogP contribution in [0.2, 0.25) is 0 Å². The first-order chi connectivity index (χ1) is 13.6. The number of fused-ring (bicyclic) bond motifs is 1. The van der Waals surface area contributed by atoms with Gasteiger partial charge in [0.25, 0.3) is 0 Å². The van der Waals surface area contributed by atoms with E-state index in [-0.39, 0.29) is 5.91 Å². The van der Waals surface area contributed by atoms with Crippen LogP contribution in [0.1, 0.15) is 61.1 Å². The molecule has 0 spiro atoms. The zero-order chi connectivity index (χ0) is 19.5. The minimum absolute atomic E-state index is 0.119. The predicted molar refractivity (Wildman–Crippen MR) is 105 cm³/mol. The summed E-state index contributed by atoms with van der Waals surface area (Å²) in [5, 5.41) is 0. The number of hydrogen-bond donors (Lipinski definition) is 0. The van der Waals surface area contributed by atoms with E-state index in [9.17, 15) is 4.79 Å². The fourth-order valence-electron chi connectivity index (χ4n) is 4.11. The van der Waals surface area contributed by atoms with E-state index in [2.05, 4.69) is 26.8 Å². The minimum Gasteiger partial charge on any atom is -0.338 e. The van der Waals surface area contributed by atoms with E-state index < -0.39 is 0 Å². The lowest BCUT2D eigenvalue weighted by Crippen LogP contribution is -2.36. The van der Waals surface area contributed by atoms with Gasteiger partial charge in [0.1, 0.15) is 11.6 Å². The van der Waals surface area contributed by atoms with Crippen molar-refractivity contribution in [3.63, 3.8) is 0 Å². The first-order valence-electron chi connectivity index (χ1n) is 10.2. The van der Waals surface area contributed by atoms with Crippen LogP contribution in [0.5, 0.6) is 0 Å². The molecule has 0 radical (unpaired) electrons. The number of rotatable bonds is 4. The van der Waals surface area contributed by atoms with Crippen LogP contribution in [-0.2, 0) is 30.7 Å². The standard InChI is InChI=1S/C21H28N6O/c1-3-20-22-9-16(10-23-20)12-26-7-4-5-17(13-26)21-24-11-18-14-27(15(2)28)8-6-19(18)25-21/h9-11,17H,3-8,12-14H2,1-2H3. The predicted octanol–water partition coefficient (Wildman–Crippen LogP) is 2.11. The van der Waals surface area contributed by atoms with Crippen molar-refractivity contribution in [2.75, 3.05) is 19.6 Å². The van der Waals surface area contributed by atoms with E-state index in [1.165, 1.54) is 0 Å². The fourth-order valence-corrected chi connectivity index (χ4v) is 4.11. The van der Waals surface area contributed by atoms with Crippen LogP contribution < -0.4 is 0 Å². The summed E-state index contributed by atoms with van der Waals surface area (Å²) in [7, 11) is 0. The van der Waals surface area contributed by atoms with E-state index in [1.54, 1.807) is 6.92 Å². The molecule has 2 aromatic heterocycles. The molecule has 28 heavy (non-hydrogen) atoms. The highest BCUT2D eigenvalue weighted by Crippen LogP contribution is 2.27. The smallest absolute Gasteiger partial charge is 0.219 e. The molecule has 1 fully saturated rings. The van der Waals surface area contributed by atoms with Crippen LogP contribution >= 0.6 is 0 Å². The van der Waals surface area contributed by atoms with E-state index in [0.717, 1.165) is 80.3 Å². The van der Waals surface area contributed by atoms with Gasteiger partial charge in [-0.2, -0.15) is 0 Å². The molecule has 0 N–H and O–H groups in total. The van der Waals surface area contributed by atoms with Crippen molar-refractivity contribution >= 4 is 5.91 Å². The monoisotopic (exact) mass is 380 g/mol. The molecule has 1 amide bonds. The minimum atomic E-state index is 0.119. The number of aromatic nitrogens is 4. The molecule has 4 rings (SSSR count). The Morgan fingerprint density at radius 3 is 2.75 bits per heavy atom. The number of carbonyl (C=O) groups is 1. The molecule has 2 aliphatic rings. The first kappa shape index (κ1) is 18.9. The first-order valence-corrected chi connectivity index (χ1v) is 10.2. The van der Waals surface area contributed by atoms with Gasteiger partial charge in [-0.1, -0.05) is 6.92 Å². The Kier molecular flexibility index (Phi) is 5.62. The Bertz CT molecular complexity index is 837. The summed E-state index contributed by atoms with van der Waals surface area (Å²) in [4.78, 5) is 34.3. The number of hydrogen-bond acceptors (Lipinski definition) is 6. The summed E-state index contributed by atoms with van der Waals surface area (Å²) < 4.78 is 0. The Balaban J connectivity index is 1.42. The fraction of sp³-hybridized carbons (Fsp3) is 0.571. The van der Waals surface area contributed by atoms with Gasteiger partial charge in [0.2, 0.25) is 5.91 Å². The van der Waals surface area contributed by atoms with Crippen molar-refractivity contribution in [3.8, 4) is 0 Å². The number of amides is 1. The lowest BCUT2D eigenvalue weighted by atomic mass is 9.96. The van der Waals surface area contributed by atoms with Crippen molar-refractivity contribution in [2.45, 2.75) is 58.5 Å². The second-order valence-electron chi connectivity index (χ2n) is 7.83. The molecule has 1 unspecified atom stereocenters. The van der Waals surface area contributed by atoms with Gasteiger partial charge < -0.3 is 4.90 Å². The Morgan fingerprint density at radius 1 is 1.18 bits per heavy atom. The second kappa shape index (κ2) is 8.31. The number of likely N-dealkylation sites (tertiary alicyclic amines) is 1. The van der Waals surface area contributed by atoms with Crippen LogP contribution in [0.4, 0.5) is 0 Å². The van der Waals surface area contributed by atoms with Gasteiger partial charge in [-0.05, 0) is 19.4 Å². The molecule has 148 valence electrons. The number of carbonyl (C=O) groups excluding carboxylic acids is 1. The third kappa shape index (κ3) is 4.19. The molecule has 2 aromatic rings. The molecule has 7 heteroatoms. The molecule has 7 nitrogen and oxygen atoms in total. The zero-order valence-corrected chi connectivity index (χ0v) is 16.8. The van der Waals surface area contributed by atoms with Gasteiger partial charge >= 0.3 is 0 Å². The Hall–Kier alpha value is -2.41. The quantitative estimate of drug-likeness (QED) is 0.809. The SMILES string of the molecule is CCc1ncc(CN2CCCC(c3ncc4c(n3)CCN(C(C)=O)C4)C2)cn1. The van der Waals surface area contributed by atoms with Gasteiger partial charge in [-0.3, -0.25) is 9.69 Å². The van der Waals surface area contributed by atoms with Crippen molar-refractivity contribution in [2.24, 2.45) is 0 Å².